The number of rotatable bonds is 2. The Morgan fingerprint density at radius 3 is 1.71 bits per heavy atom. The van der Waals surface area contributed by atoms with Gasteiger partial charge in [-0.25, -0.2) is 0 Å². The van der Waals surface area contributed by atoms with Crippen LogP contribution in [-0.4, -0.2) is 9.13 Å². The Bertz CT molecular complexity index is 2790. The van der Waals surface area contributed by atoms with E-state index in [1.54, 1.807) is 11.3 Å². The van der Waals surface area contributed by atoms with Crippen molar-refractivity contribution in [3.8, 4) is 29.6 Å². The normalized spacial score (nSPS) is 11.5. The van der Waals surface area contributed by atoms with E-state index in [0.717, 1.165) is 70.5 Å². The highest BCUT2D eigenvalue weighted by Gasteiger charge is 2.20. The van der Waals surface area contributed by atoms with Crippen molar-refractivity contribution >= 4 is 75.1 Å². The second-order valence-electron chi connectivity index (χ2n) is 11.2. The zero-order chi connectivity index (χ0) is 30.2. The van der Waals surface area contributed by atoms with Gasteiger partial charge in [0, 0.05) is 42.7 Å². The summed E-state index contributed by atoms with van der Waals surface area (Å²) in [6.07, 6.45) is 0. The van der Waals surface area contributed by atoms with Crippen LogP contribution >= 0.6 is 11.3 Å². The van der Waals surface area contributed by atoms with Crippen LogP contribution in [0.1, 0.15) is 16.7 Å². The number of aromatic nitrogens is 2. The molecule has 0 unspecified atom stereocenters. The number of fused-ring (bicyclic) bond motifs is 9. The lowest BCUT2D eigenvalue weighted by Crippen LogP contribution is -1.97. The van der Waals surface area contributed by atoms with Crippen LogP contribution in [0.25, 0.3) is 75.2 Å². The molecule has 0 bridgehead atoms. The van der Waals surface area contributed by atoms with Gasteiger partial charge in [-0.15, -0.1) is 11.3 Å². The highest BCUT2D eigenvalue weighted by atomic mass is 32.1. The first kappa shape index (κ1) is 25.1. The molecule has 0 aliphatic rings. The van der Waals surface area contributed by atoms with Gasteiger partial charge in [-0.1, -0.05) is 36.4 Å². The third kappa shape index (κ3) is 3.51. The summed E-state index contributed by atoms with van der Waals surface area (Å²) in [5, 5.41) is 35.6. The standard InChI is InChI=1S/C39H19N5S/c40-20-23-9-12-34-29(15-23)30-16-24(21-41)10-13-35(30)43(34)26-11-14-36-31(19-26)27-5-1-3-7-33(27)44(36)37-18-25(22-42)17-32-28-6-2-4-8-38(28)45-39(32)37/h1-19H. The van der Waals surface area contributed by atoms with Gasteiger partial charge < -0.3 is 9.13 Å². The minimum Gasteiger partial charge on any atom is -0.309 e. The van der Waals surface area contributed by atoms with Crippen LogP contribution in [0.2, 0.25) is 0 Å². The van der Waals surface area contributed by atoms with Crippen molar-refractivity contribution in [3.05, 3.63) is 132 Å². The Morgan fingerprint density at radius 1 is 0.444 bits per heavy atom. The molecule has 0 N–H and O–H groups in total. The first-order valence-corrected chi connectivity index (χ1v) is 15.3. The molecule has 0 fully saturated rings. The molecule has 0 spiro atoms. The maximum atomic E-state index is 10.0. The summed E-state index contributed by atoms with van der Waals surface area (Å²) < 4.78 is 6.83. The van der Waals surface area contributed by atoms with Crippen LogP contribution in [0.5, 0.6) is 0 Å². The second-order valence-corrected chi connectivity index (χ2v) is 12.2. The Labute approximate surface area is 260 Å². The van der Waals surface area contributed by atoms with Crippen molar-refractivity contribution in [3.63, 3.8) is 0 Å². The number of thiophene rings is 1. The van der Waals surface area contributed by atoms with Gasteiger partial charge in [0.1, 0.15) is 0 Å². The molecule has 6 aromatic carbocycles. The van der Waals surface area contributed by atoms with E-state index in [4.69, 9.17) is 0 Å². The van der Waals surface area contributed by atoms with Gasteiger partial charge in [0.05, 0.1) is 67.4 Å². The molecular weight excluding hydrogens is 571 g/mol. The average Bonchev–Trinajstić information content (AvgIpc) is 3.74. The third-order valence-corrected chi connectivity index (χ3v) is 9.98. The molecule has 0 aliphatic heterocycles. The number of hydrogen-bond donors (Lipinski definition) is 0. The minimum absolute atomic E-state index is 0.578. The predicted octanol–water partition coefficient (Wildman–Crippen LogP) is 9.86. The average molecular weight is 590 g/mol. The fourth-order valence-corrected chi connectivity index (χ4v) is 8.03. The highest BCUT2D eigenvalue weighted by Crippen LogP contribution is 2.42. The number of nitriles is 3. The zero-order valence-corrected chi connectivity index (χ0v) is 24.4. The van der Waals surface area contributed by atoms with E-state index < -0.39 is 0 Å². The number of hydrogen-bond acceptors (Lipinski definition) is 4. The van der Waals surface area contributed by atoms with Crippen LogP contribution < -0.4 is 0 Å². The number of benzene rings is 6. The molecule has 0 saturated heterocycles. The van der Waals surface area contributed by atoms with Gasteiger partial charge in [0.15, 0.2) is 0 Å². The molecule has 3 heterocycles. The SMILES string of the molecule is N#Cc1cc(-n2c3ccccc3c3cc(-n4c5ccc(C#N)cc5c5cc(C#N)ccc54)ccc32)c2sc3ccccc3c2c1. The second kappa shape index (κ2) is 9.30. The molecule has 9 aromatic rings. The minimum atomic E-state index is 0.578. The topological polar surface area (TPSA) is 81.2 Å². The van der Waals surface area contributed by atoms with E-state index in [9.17, 15) is 15.8 Å². The summed E-state index contributed by atoms with van der Waals surface area (Å²) in [5.41, 5.74) is 7.82. The van der Waals surface area contributed by atoms with Crippen LogP contribution in [0.3, 0.4) is 0 Å². The monoisotopic (exact) mass is 589 g/mol. The van der Waals surface area contributed by atoms with Crippen molar-refractivity contribution in [2.24, 2.45) is 0 Å². The summed E-state index contributed by atoms with van der Waals surface area (Å²) >= 11 is 1.75. The molecule has 0 aliphatic carbocycles. The highest BCUT2D eigenvalue weighted by molar-refractivity contribution is 7.26. The largest absolute Gasteiger partial charge is 0.309 e. The van der Waals surface area contributed by atoms with E-state index in [1.807, 2.05) is 54.6 Å². The van der Waals surface area contributed by atoms with Crippen molar-refractivity contribution in [1.29, 1.82) is 15.8 Å². The smallest absolute Gasteiger partial charge is 0.0992 e. The lowest BCUT2D eigenvalue weighted by Gasteiger charge is -2.12. The molecule has 0 atom stereocenters. The predicted molar refractivity (Wildman–Crippen MR) is 182 cm³/mol. The molecule has 0 radical (unpaired) electrons. The number of nitrogens with zero attached hydrogens (tertiary/aromatic N) is 5. The molecule has 5 nitrogen and oxygen atoms in total. The van der Waals surface area contributed by atoms with Crippen LogP contribution in [0.4, 0.5) is 0 Å². The lowest BCUT2D eigenvalue weighted by atomic mass is 10.1. The molecule has 206 valence electrons. The fraction of sp³-hybridized carbons (Fsp3) is 0. The van der Waals surface area contributed by atoms with Crippen LogP contribution in [0, 0.1) is 34.0 Å². The van der Waals surface area contributed by atoms with Gasteiger partial charge in [0.2, 0.25) is 0 Å². The summed E-state index contributed by atoms with van der Waals surface area (Å²) in [5.74, 6) is 0. The van der Waals surface area contributed by atoms with Gasteiger partial charge >= 0.3 is 0 Å². The van der Waals surface area contributed by atoms with Crippen molar-refractivity contribution in [1.82, 2.24) is 9.13 Å². The molecule has 9 rings (SSSR count). The third-order valence-electron chi connectivity index (χ3n) is 8.77. The lowest BCUT2D eigenvalue weighted by molar-refractivity contribution is 1.17. The van der Waals surface area contributed by atoms with Crippen molar-refractivity contribution in [2.75, 3.05) is 0 Å². The molecule has 0 amide bonds. The summed E-state index contributed by atoms with van der Waals surface area (Å²) in [6, 6.07) is 45.7. The Morgan fingerprint density at radius 2 is 1.00 bits per heavy atom. The Hall–Kier alpha value is -6.39. The Kier molecular flexibility index (Phi) is 5.20. The zero-order valence-electron chi connectivity index (χ0n) is 23.6. The van der Waals surface area contributed by atoms with Crippen LogP contribution in [-0.2, 0) is 0 Å². The first-order valence-electron chi connectivity index (χ1n) is 14.4. The molecule has 3 aromatic heterocycles. The fourth-order valence-electron chi connectivity index (χ4n) is 6.84. The van der Waals surface area contributed by atoms with Crippen LogP contribution in [0.15, 0.2) is 115 Å². The van der Waals surface area contributed by atoms with E-state index in [-0.39, 0.29) is 0 Å². The van der Waals surface area contributed by atoms with Gasteiger partial charge in [-0.3, -0.25) is 0 Å². The van der Waals surface area contributed by atoms with E-state index in [2.05, 4.69) is 88.0 Å². The van der Waals surface area contributed by atoms with Crippen molar-refractivity contribution in [2.45, 2.75) is 0 Å². The first-order chi connectivity index (χ1) is 22.2. The number of para-hydroxylation sites is 1. The molecule has 0 saturated carbocycles. The maximum absolute atomic E-state index is 10.0. The van der Waals surface area contributed by atoms with E-state index >= 15 is 0 Å². The molecule has 6 heteroatoms. The van der Waals surface area contributed by atoms with Gasteiger partial charge in [0.25, 0.3) is 0 Å². The maximum Gasteiger partial charge on any atom is 0.0992 e. The summed E-state index contributed by atoms with van der Waals surface area (Å²) in [4.78, 5) is 0. The van der Waals surface area contributed by atoms with E-state index in [1.165, 1.54) is 4.70 Å². The summed E-state index contributed by atoms with van der Waals surface area (Å²) in [7, 11) is 0. The van der Waals surface area contributed by atoms with E-state index in [0.29, 0.717) is 16.7 Å². The molecular formula is C39H19N5S. The Balaban J connectivity index is 1.37. The quantitative estimate of drug-likeness (QED) is 0.201. The van der Waals surface area contributed by atoms with Crippen molar-refractivity contribution < 1.29 is 0 Å². The molecule has 45 heavy (non-hydrogen) atoms. The summed E-state index contributed by atoms with van der Waals surface area (Å²) in [6.45, 7) is 0. The van der Waals surface area contributed by atoms with Gasteiger partial charge in [-0.05, 0) is 78.9 Å². The van der Waals surface area contributed by atoms with Gasteiger partial charge in [-0.2, -0.15) is 15.8 Å².